The fourth-order valence-corrected chi connectivity index (χ4v) is 2.12. The van der Waals surface area contributed by atoms with Gasteiger partial charge in [-0.1, -0.05) is 13.8 Å². The van der Waals surface area contributed by atoms with Gasteiger partial charge in [-0.3, -0.25) is 19.2 Å². The highest BCUT2D eigenvalue weighted by Crippen LogP contribution is 2.28. The molecule has 1 N–H and O–H groups in total. The van der Waals surface area contributed by atoms with Gasteiger partial charge < -0.3 is 14.5 Å². The lowest BCUT2D eigenvalue weighted by atomic mass is 9.98. The summed E-state index contributed by atoms with van der Waals surface area (Å²) in [6.07, 6.45) is -1.29. The maximum Gasteiger partial charge on any atom is 0.308 e. The Morgan fingerprint density at radius 1 is 1.17 bits per heavy atom. The van der Waals surface area contributed by atoms with E-state index in [0.29, 0.717) is 5.69 Å². The summed E-state index contributed by atoms with van der Waals surface area (Å²) in [4.78, 5) is 49.8. The number of ketones is 1. The zero-order chi connectivity index (χ0) is 17.7. The molecule has 0 aliphatic heterocycles. The minimum atomic E-state index is -1.41. The number of carbonyl (C=O) groups excluding carboxylic acids is 3. The van der Waals surface area contributed by atoms with Crippen LogP contribution < -0.4 is 10.3 Å². The molecule has 0 bridgehead atoms. The Bertz CT molecular complexity index is 674. The van der Waals surface area contributed by atoms with Gasteiger partial charge in [-0.2, -0.15) is 0 Å². The minimum Gasteiger partial charge on any atom is -0.449 e. The van der Waals surface area contributed by atoms with E-state index in [0.717, 1.165) is 6.92 Å². The van der Waals surface area contributed by atoms with Gasteiger partial charge in [-0.15, -0.1) is 0 Å². The lowest BCUT2D eigenvalue weighted by Crippen LogP contribution is -2.28. The van der Waals surface area contributed by atoms with Gasteiger partial charge in [0, 0.05) is 32.0 Å². The molecule has 0 saturated carbocycles. The van der Waals surface area contributed by atoms with Crippen LogP contribution in [0, 0.1) is 12.8 Å². The highest BCUT2D eigenvalue weighted by atomic mass is 16.6. The molecule has 1 atom stereocenters. The number of pyridine rings is 1. The Morgan fingerprint density at radius 2 is 1.78 bits per heavy atom. The second-order valence-electron chi connectivity index (χ2n) is 5.71. The first-order valence-corrected chi connectivity index (χ1v) is 7.24. The van der Waals surface area contributed by atoms with Gasteiger partial charge >= 0.3 is 11.9 Å². The molecule has 0 aliphatic carbocycles. The summed E-state index contributed by atoms with van der Waals surface area (Å²) in [6, 6.07) is 1.41. The first-order chi connectivity index (χ1) is 10.6. The number of nitrogens with one attached hydrogen (secondary N) is 1. The van der Waals surface area contributed by atoms with Crippen molar-refractivity contribution in [3.8, 4) is 5.75 Å². The number of carbonyl (C=O) groups is 3. The molecule has 0 fully saturated rings. The Hall–Kier alpha value is -2.44. The van der Waals surface area contributed by atoms with Crippen LogP contribution in [-0.2, 0) is 19.1 Å². The third-order valence-electron chi connectivity index (χ3n) is 2.87. The summed E-state index contributed by atoms with van der Waals surface area (Å²) in [7, 11) is 0. The molecule has 7 heteroatoms. The van der Waals surface area contributed by atoms with Crippen LogP contribution in [0.1, 0.15) is 51.5 Å². The van der Waals surface area contributed by atoms with E-state index in [9.17, 15) is 19.2 Å². The molecule has 1 heterocycles. The van der Waals surface area contributed by atoms with E-state index in [1.54, 1.807) is 6.92 Å². The Balaban J connectivity index is 3.44. The van der Waals surface area contributed by atoms with Crippen LogP contribution in [0.15, 0.2) is 10.9 Å². The number of H-pyrrole nitrogens is 1. The molecule has 1 aromatic heterocycles. The number of ether oxygens (including phenoxy) is 2. The van der Waals surface area contributed by atoms with Gasteiger partial charge in [-0.25, -0.2) is 0 Å². The largest absolute Gasteiger partial charge is 0.449 e. The first-order valence-electron chi connectivity index (χ1n) is 7.24. The monoisotopic (exact) mass is 323 g/mol. The number of esters is 2. The van der Waals surface area contributed by atoms with Gasteiger partial charge in [0.1, 0.15) is 11.3 Å². The summed E-state index contributed by atoms with van der Waals surface area (Å²) in [5, 5.41) is 0. The van der Waals surface area contributed by atoms with E-state index in [-0.39, 0.29) is 23.7 Å². The van der Waals surface area contributed by atoms with E-state index in [1.807, 2.05) is 13.8 Å². The molecule has 0 saturated heterocycles. The Morgan fingerprint density at radius 3 is 2.26 bits per heavy atom. The average Bonchev–Trinajstić information content (AvgIpc) is 2.34. The van der Waals surface area contributed by atoms with Gasteiger partial charge in [0.2, 0.25) is 0 Å². The van der Waals surface area contributed by atoms with Crippen LogP contribution in [0.2, 0.25) is 0 Å². The molecule has 0 unspecified atom stereocenters. The van der Waals surface area contributed by atoms with E-state index >= 15 is 0 Å². The molecule has 23 heavy (non-hydrogen) atoms. The normalized spacial score (nSPS) is 11.9. The van der Waals surface area contributed by atoms with Crippen molar-refractivity contribution in [3.05, 3.63) is 27.7 Å². The molecule has 0 aliphatic rings. The highest BCUT2D eigenvalue weighted by molar-refractivity contribution is 5.87. The summed E-state index contributed by atoms with van der Waals surface area (Å²) in [5.41, 5.74) is -0.357. The van der Waals surface area contributed by atoms with Crippen molar-refractivity contribution in [3.63, 3.8) is 0 Å². The molecule has 0 aromatic carbocycles. The van der Waals surface area contributed by atoms with Gasteiger partial charge in [-0.05, 0) is 12.8 Å². The lowest BCUT2D eigenvalue weighted by molar-refractivity contribution is -0.154. The quantitative estimate of drug-likeness (QED) is 0.801. The number of aryl methyl sites for hydroxylation is 1. The van der Waals surface area contributed by atoms with Crippen LogP contribution in [0.3, 0.4) is 0 Å². The summed E-state index contributed by atoms with van der Waals surface area (Å²) in [5.74, 6) is -1.85. The van der Waals surface area contributed by atoms with Crippen molar-refractivity contribution in [2.24, 2.45) is 5.92 Å². The predicted octanol–water partition coefficient (Wildman–Crippen LogP) is 1.83. The van der Waals surface area contributed by atoms with E-state index < -0.39 is 29.4 Å². The summed E-state index contributed by atoms with van der Waals surface area (Å²) in [6.45, 7) is 7.58. The maximum absolute atomic E-state index is 12.4. The molecule has 0 spiro atoms. The van der Waals surface area contributed by atoms with Crippen molar-refractivity contribution in [2.45, 2.75) is 47.1 Å². The third kappa shape index (κ3) is 5.36. The molecule has 7 nitrogen and oxygen atoms in total. The average molecular weight is 323 g/mol. The number of aromatic amines is 1. The van der Waals surface area contributed by atoms with Crippen LogP contribution in [-0.4, -0.2) is 22.7 Å². The highest BCUT2D eigenvalue weighted by Gasteiger charge is 2.31. The standard InChI is InChI=1S/C16H21NO6/c1-8(2)6-12(20)15(23-11(5)19)14-13(22-10(4)18)7-9(3)17-16(14)21/h7-8,15H,6H2,1-5H3,(H,17,21)/t15-/m1/s1. The summed E-state index contributed by atoms with van der Waals surface area (Å²) >= 11 is 0. The number of Topliss-reactive ketones (excluding diaryl/α,β-unsaturated/α-hetero) is 1. The number of hydrogen-bond donors (Lipinski definition) is 1. The second kappa shape index (κ2) is 7.71. The molecular formula is C16H21NO6. The van der Waals surface area contributed by atoms with E-state index in [1.165, 1.54) is 13.0 Å². The van der Waals surface area contributed by atoms with Crippen molar-refractivity contribution < 1.29 is 23.9 Å². The summed E-state index contributed by atoms with van der Waals surface area (Å²) < 4.78 is 10.1. The molecular weight excluding hydrogens is 302 g/mol. The predicted molar refractivity (Wildman–Crippen MR) is 82.1 cm³/mol. The lowest BCUT2D eigenvalue weighted by Gasteiger charge is -2.19. The number of rotatable bonds is 6. The smallest absolute Gasteiger partial charge is 0.308 e. The Kier molecular flexibility index (Phi) is 6.24. The number of aromatic nitrogens is 1. The maximum atomic E-state index is 12.4. The second-order valence-corrected chi connectivity index (χ2v) is 5.71. The molecule has 1 aromatic rings. The molecule has 126 valence electrons. The van der Waals surface area contributed by atoms with Crippen LogP contribution >= 0.6 is 0 Å². The fourth-order valence-electron chi connectivity index (χ4n) is 2.12. The topological polar surface area (TPSA) is 103 Å². The van der Waals surface area contributed by atoms with Crippen LogP contribution in [0.25, 0.3) is 0 Å². The molecule has 0 amide bonds. The first kappa shape index (κ1) is 18.6. The minimum absolute atomic E-state index is 0.0160. The van der Waals surface area contributed by atoms with Gasteiger partial charge in [0.15, 0.2) is 11.9 Å². The Labute approximate surface area is 134 Å². The SMILES string of the molecule is CC(=O)Oc1cc(C)[nH]c(=O)c1[C@H](OC(C)=O)C(=O)CC(C)C. The van der Waals surface area contributed by atoms with Crippen molar-refractivity contribution in [1.29, 1.82) is 0 Å². The third-order valence-corrected chi connectivity index (χ3v) is 2.87. The van der Waals surface area contributed by atoms with Crippen LogP contribution in [0.5, 0.6) is 5.75 Å². The molecule has 1 rings (SSSR count). The van der Waals surface area contributed by atoms with E-state index in [4.69, 9.17) is 9.47 Å². The zero-order valence-electron chi connectivity index (χ0n) is 13.9. The van der Waals surface area contributed by atoms with Crippen molar-refractivity contribution in [1.82, 2.24) is 4.98 Å². The van der Waals surface area contributed by atoms with Crippen LogP contribution in [0.4, 0.5) is 0 Å². The van der Waals surface area contributed by atoms with Gasteiger partial charge in [0.05, 0.1) is 0 Å². The molecule has 0 radical (unpaired) electrons. The van der Waals surface area contributed by atoms with E-state index in [2.05, 4.69) is 4.98 Å². The fraction of sp³-hybridized carbons (Fsp3) is 0.500. The zero-order valence-corrected chi connectivity index (χ0v) is 13.9. The van der Waals surface area contributed by atoms with Crippen molar-refractivity contribution >= 4 is 17.7 Å². The number of hydrogen-bond acceptors (Lipinski definition) is 6. The van der Waals surface area contributed by atoms with Gasteiger partial charge in [0.25, 0.3) is 5.56 Å². The van der Waals surface area contributed by atoms with Crippen molar-refractivity contribution in [2.75, 3.05) is 0 Å².